The van der Waals surface area contributed by atoms with Crippen molar-refractivity contribution in [2.24, 2.45) is 0 Å². The summed E-state index contributed by atoms with van der Waals surface area (Å²) in [6.45, 7) is 0.738. The van der Waals surface area contributed by atoms with E-state index in [1.807, 2.05) is 36.4 Å². The summed E-state index contributed by atoms with van der Waals surface area (Å²) >= 11 is 3.41. The Morgan fingerprint density at radius 1 is 0.895 bits per heavy atom. The maximum Gasteiger partial charge on any atom is 0.126 e. The summed E-state index contributed by atoms with van der Waals surface area (Å²) < 4.78 is 5.78. The van der Waals surface area contributed by atoms with E-state index in [9.17, 15) is 0 Å². The summed E-state index contributed by atoms with van der Waals surface area (Å²) in [6.07, 6.45) is 5.21. The Labute approximate surface area is 123 Å². The van der Waals surface area contributed by atoms with Gasteiger partial charge in [-0.2, -0.15) is 0 Å². The first-order valence-corrected chi connectivity index (χ1v) is 7.53. The lowest BCUT2D eigenvalue weighted by Gasteiger charge is -2.08. The number of halogens is 1. The van der Waals surface area contributed by atoms with E-state index in [0.717, 1.165) is 29.7 Å². The molecule has 2 aromatic carbocycles. The molecule has 0 spiro atoms. The molecule has 0 saturated carbocycles. The summed E-state index contributed by atoms with van der Waals surface area (Å²) in [5, 5.41) is 0.967. The minimum atomic E-state index is 0.738. The van der Waals surface area contributed by atoms with Crippen LogP contribution < -0.4 is 4.74 Å². The topological polar surface area (TPSA) is 9.23 Å². The van der Waals surface area contributed by atoms with Crippen LogP contribution in [0, 0.1) is 0 Å². The Hall–Kier alpha value is -1.54. The van der Waals surface area contributed by atoms with Crippen LogP contribution in [-0.4, -0.2) is 11.9 Å². The molecule has 0 unspecified atom stereocenters. The molecule has 98 valence electrons. The Morgan fingerprint density at radius 2 is 1.63 bits per heavy atom. The molecule has 0 aliphatic rings. The first kappa shape index (κ1) is 13.9. The first-order valence-electron chi connectivity index (χ1n) is 6.41. The second-order valence-corrected chi connectivity index (χ2v) is 4.97. The van der Waals surface area contributed by atoms with Crippen molar-refractivity contribution < 1.29 is 4.74 Å². The second-order valence-electron chi connectivity index (χ2n) is 4.17. The molecule has 0 aliphatic heterocycles. The van der Waals surface area contributed by atoms with E-state index in [1.165, 1.54) is 5.56 Å². The van der Waals surface area contributed by atoms with Gasteiger partial charge < -0.3 is 4.74 Å². The zero-order valence-corrected chi connectivity index (χ0v) is 12.3. The molecule has 0 aromatic heterocycles. The number of alkyl halides is 1. The minimum absolute atomic E-state index is 0.738. The predicted molar refractivity (Wildman–Crippen MR) is 85.7 cm³/mol. The highest BCUT2D eigenvalue weighted by molar-refractivity contribution is 9.09. The second kappa shape index (κ2) is 7.80. The Kier molecular flexibility index (Phi) is 5.70. The van der Waals surface area contributed by atoms with Crippen LogP contribution in [0.2, 0.25) is 0 Å². The molecule has 0 amide bonds. The zero-order chi connectivity index (χ0) is 13.3. The monoisotopic (exact) mass is 316 g/mol. The lowest BCUT2D eigenvalue weighted by Crippen LogP contribution is -1.98. The van der Waals surface area contributed by atoms with Crippen LogP contribution in [0.3, 0.4) is 0 Å². The van der Waals surface area contributed by atoms with Crippen molar-refractivity contribution in [1.82, 2.24) is 0 Å². The van der Waals surface area contributed by atoms with Gasteiger partial charge in [0.15, 0.2) is 0 Å². The molecule has 2 heteroatoms. The third-order valence-electron chi connectivity index (χ3n) is 2.71. The number of benzene rings is 2. The molecule has 1 nitrogen and oxygen atoms in total. The third kappa shape index (κ3) is 4.56. The predicted octanol–water partition coefficient (Wildman–Crippen LogP) is 5.02. The summed E-state index contributed by atoms with van der Waals surface area (Å²) in [6, 6.07) is 18.4. The van der Waals surface area contributed by atoms with Gasteiger partial charge in [0.25, 0.3) is 0 Å². The summed E-state index contributed by atoms with van der Waals surface area (Å²) in [4.78, 5) is 0. The Bertz CT molecular complexity index is 520. The summed E-state index contributed by atoms with van der Waals surface area (Å²) in [7, 11) is 0. The van der Waals surface area contributed by atoms with Crippen molar-refractivity contribution >= 4 is 28.1 Å². The molecule has 0 atom stereocenters. The van der Waals surface area contributed by atoms with Crippen LogP contribution in [-0.2, 0) is 0 Å². The average Bonchev–Trinajstić information content (AvgIpc) is 2.48. The number of rotatable bonds is 6. The van der Waals surface area contributed by atoms with Crippen molar-refractivity contribution in [3.05, 3.63) is 65.7 Å². The number of hydrogen-bond acceptors (Lipinski definition) is 1. The molecule has 0 heterocycles. The van der Waals surface area contributed by atoms with Crippen molar-refractivity contribution in [3.63, 3.8) is 0 Å². The van der Waals surface area contributed by atoms with Crippen LogP contribution in [0.4, 0.5) is 0 Å². The fourth-order valence-electron chi connectivity index (χ4n) is 1.74. The highest BCUT2D eigenvalue weighted by Gasteiger charge is 1.99. The minimum Gasteiger partial charge on any atom is -0.493 e. The van der Waals surface area contributed by atoms with Crippen LogP contribution in [0.15, 0.2) is 54.6 Å². The van der Waals surface area contributed by atoms with Gasteiger partial charge in [-0.15, -0.1) is 0 Å². The van der Waals surface area contributed by atoms with Gasteiger partial charge in [0, 0.05) is 10.9 Å². The van der Waals surface area contributed by atoms with Gasteiger partial charge in [-0.1, -0.05) is 76.6 Å². The maximum absolute atomic E-state index is 5.78. The summed E-state index contributed by atoms with van der Waals surface area (Å²) in [5.74, 6) is 0.940. The van der Waals surface area contributed by atoms with Gasteiger partial charge in [0.1, 0.15) is 5.75 Å². The van der Waals surface area contributed by atoms with Gasteiger partial charge in [0.05, 0.1) is 6.61 Å². The van der Waals surface area contributed by atoms with Crippen molar-refractivity contribution in [2.75, 3.05) is 11.9 Å². The molecule has 0 N–H and O–H groups in total. The van der Waals surface area contributed by atoms with E-state index in [2.05, 4.69) is 46.3 Å². The van der Waals surface area contributed by atoms with Gasteiger partial charge in [0.2, 0.25) is 0 Å². The standard InChI is InChI=1S/C17H17BrO/c18-13-6-14-19-17-10-5-4-9-16(17)12-11-15-7-2-1-3-8-15/h1-5,7-12H,6,13-14H2/b12-11+. The van der Waals surface area contributed by atoms with Gasteiger partial charge in [-0.05, 0) is 18.1 Å². The molecule has 2 rings (SSSR count). The van der Waals surface area contributed by atoms with E-state index in [4.69, 9.17) is 4.74 Å². The molecule has 0 aliphatic carbocycles. The number of para-hydroxylation sites is 1. The SMILES string of the molecule is BrCCCOc1ccccc1/C=C/c1ccccc1. The first-order chi connectivity index (χ1) is 9.40. The molecular weight excluding hydrogens is 300 g/mol. The van der Waals surface area contributed by atoms with Crippen molar-refractivity contribution in [2.45, 2.75) is 6.42 Å². The smallest absolute Gasteiger partial charge is 0.126 e. The van der Waals surface area contributed by atoms with Crippen molar-refractivity contribution in [3.8, 4) is 5.75 Å². The number of ether oxygens (including phenoxy) is 1. The third-order valence-corrected chi connectivity index (χ3v) is 3.27. The van der Waals surface area contributed by atoms with Gasteiger partial charge in [-0.25, -0.2) is 0 Å². The highest BCUT2D eigenvalue weighted by atomic mass is 79.9. The molecule has 2 aromatic rings. The van der Waals surface area contributed by atoms with Gasteiger partial charge in [-0.3, -0.25) is 0 Å². The summed E-state index contributed by atoms with van der Waals surface area (Å²) in [5.41, 5.74) is 2.30. The quantitative estimate of drug-likeness (QED) is 0.413. The van der Waals surface area contributed by atoms with Crippen LogP contribution in [0.1, 0.15) is 17.5 Å². The molecular formula is C17H17BrO. The zero-order valence-electron chi connectivity index (χ0n) is 10.8. The van der Waals surface area contributed by atoms with Crippen molar-refractivity contribution in [1.29, 1.82) is 0 Å². The maximum atomic E-state index is 5.78. The molecule has 0 saturated heterocycles. The van der Waals surface area contributed by atoms with E-state index >= 15 is 0 Å². The molecule has 0 fully saturated rings. The molecule has 0 bridgehead atoms. The van der Waals surface area contributed by atoms with Crippen LogP contribution >= 0.6 is 15.9 Å². The lowest BCUT2D eigenvalue weighted by molar-refractivity contribution is 0.318. The van der Waals surface area contributed by atoms with E-state index in [-0.39, 0.29) is 0 Å². The Balaban J connectivity index is 2.09. The molecule has 19 heavy (non-hydrogen) atoms. The van der Waals surface area contributed by atoms with E-state index in [0.29, 0.717) is 0 Å². The van der Waals surface area contributed by atoms with Crippen LogP contribution in [0.5, 0.6) is 5.75 Å². The van der Waals surface area contributed by atoms with Gasteiger partial charge >= 0.3 is 0 Å². The van der Waals surface area contributed by atoms with E-state index < -0.39 is 0 Å². The average molecular weight is 317 g/mol. The normalized spacial score (nSPS) is 10.8. The largest absolute Gasteiger partial charge is 0.493 e. The van der Waals surface area contributed by atoms with Crippen LogP contribution in [0.25, 0.3) is 12.2 Å². The fourth-order valence-corrected chi connectivity index (χ4v) is 1.97. The molecule has 0 radical (unpaired) electrons. The number of hydrogen-bond donors (Lipinski definition) is 0. The van der Waals surface area contributed by atoms with E-state index in [1.54, 1.807) is 0 Å². The Morgan fingerprint density at radius 3 is 2.42 bits per heavy atom. The lowest BCUT2D eigenvalue weighted by atomic mass is 10.1. The highest BCUT2D eigenvalue weighted by Crippen LogP contribution is 2.20. The fraction of sp³-hybridized carbons (Fsp3) is 0.176.